The number of hydrogen-bond acceptors (Lipinski definition) is 1. The molecule has 10 heavy (non-hydrogen) atoms. The van der Waals surface area contributed by atoms with Crippen LogP contribution < -0.4 is 0 Å². The van der Waals surface area contributed by atoms with Crippen LogP contribution in [-0.2, 0) is 0 Å². The lowest BCUT2D eigenvalue weighted by molar-refractivity contribution is 0.166. The molecule has 0 saturated carbocycles. The van der Waals surface area contributed by atoms with Crippen molar-refractivity contribution >= 4 is 0 Å². The van der Waals surface area contributed by atoms with Crippen LogP contribution in [0, 0.1) is 12.3 Å². The summed E-state index contributed by atoms with van der Waals surface area (Å²) >= 11 is 0. The zero-order valence-electron chi connectivity index (χ0n) is 6.64. The largest absolute Gasteiger partial charge is 0.392 e. The molecule has 58 valence electrons. The molecule has 0 rings (SSSR count). The Kier molecular flexibility index (Phi) is 6.32. The van der Waals surface area contributed by atoms with Gasteiger partial charge < -0.3 is 5.11 Å². The zero-order valence-corrected chi connectivity index (χ0v) is 6.64. The SMILES string of the molecule is C#CCC(O)CCCCC. The van der Waals surface area contributed by atoms with Crippen molar-refractivity contribution in [3.63, 3.8) is 0 Å². The summed E-state index contributed by atoms with van der Waals surface area (Å²) in [6, 6.07) is 0. The Morgan fingerprint density at radius 1 is 1.50 bits per heavy atom. The minimum Gasteiger partial charge on any atom is -0.392 e. The number of hydrogen-bond donors (Lipinski definition) is 1. The highest BCUT2D eigenvalue weighted by molar-refractivity contribution is 4.86. The Labute approximate surface area is 63.5 Å². The fraction of sp³-hybridized carbons (Fsp3) is 0.778. The van der Waals surface area contributed by atoms with E-state index in [4.69, 9.17) is 11.5 Å². The molecule has 0 aromatic heterocycles. The molecule has 1 nitrogen and oxygen atoms in total. The standard InChI is InChI=1S/C9H16O/c1-3-5-6-8-9(10)7-4-2/h2,9-10H,3,5-8H2,1H3. The monoisotopic (exact) mass is 140 g/mol. The van der Waals surface area contributed by atoms with Crippen molar-refractivity contribution < 1.29 is 5.11 Å². The van der Waals surface area contributed by atoms with Gasteiger partial charge in [-0.15, -0.1) is 12.3 Å². The van der Waals surface area contributed by atoms with Gasteiger partial charge in [-0.3, -0.25) is 0 Å². The smallest absolute Gasteiger partial charge is 0.0649 e. The Morgan fingerprint density at radius 2 is 2.20 bits per heavy atom. The molecule has 0 spiro atoms. The van der Waals surface area contributed by atoms with Crippen LogP contribution in [0.5, 0.6) is 0 Å². The first kappa shape index (κ1) is 9.52. The first-order valence-electron chi connectivity index (χ1n) is 3.92. The highest BCUT2D eigenvalue weighted by Gasteiger charge is 1.99. The van der Waals surface area contributed by atoms with E-state index in [0.717, 1.165) is 12.8 Å². The Morgan fingerprint density at radius 3 is 2.70 bits per heavy atom. The lowest BCUT2D eigenvalue weighted by Crippen LogP contribution is -2.03. The van der Waals surface area contributed by atoms with Crippen LogP contribution in [0.3, 0.4) is 0 Å². The minimum atomic E-state index is -0.267. The average Bonchev–Trinajstić information content (AvgIpc) is 1.89. The predicted octanol–water partition coefficient (Wildman–Crippen LogP) is 1.95. The highest BCUT2D eigenvalue weighted by Crippen LogP contribution is 2.04. The Balaban J connectivity index is 3.06. The van der Waals surface area contributed by atoms with E-state index in [2.05, 4.69) is 12.8 Å². The van der Waals surface area contributed by atoms with Gasteiger partial charge in [-0.05, 0) is 6.42 Å². The number of terminal acetylenes is 1. The van der Waals surface area contributed by atoms with Crippen molar-refractivity contribution in [1.29, 1.82) is 0 Å². The van der Waals surface area contributed by atoms with Gasteiger partial charge >= 0.3 is 0 Å². The molecule has 1 atom stereocenters. The van der Waals surface area contributed by atoms with Crippen LogP contribution in [0.4, 0.5) is 0 Å². The van der Waals surface area contributed by atoms with Crippen molar-refractivity contribution in [3.8, 4) is 12.3 Å². The maximum atomic E-state index is 9.13. The third-order valence-corrected chi connectivity index (χ3v) is 1.49. The molecule has 0 heterocycles. The topological polar surface area (TPSA) is 20.2 Å². The molecule has 0 aliphatic rings. The third kappa shape index (κ3) is 5.65. The van der Waals surface area contributed by atoms with Crippen LogP contribution in [0.25, 0.3) is 0 Å². The Bertz CT molecular complexity index is 102. The summed E-state index contributed by atoms with van der Waals surface area (Å²) in [6.45, 7) is 2.15. The summed E-state index contributed by atoms with van der Waals surface area (Å²) in [4.78, 5) is 0. The molecular formula is C9H16O. The van der Waals surface area contributed by atoms with Gasteiger partial charge in [-0.1, -0.05) is 26.2 Å². The van der Waals surface area contributed by atoms with Crippen LogP contribution in [-0.4, -0.2) is 11.2 Å². The average molecular weight is 140 g/mol. The second kappa shape index (κ2) is 6.64. The van der Waals surface area contributed by atoms with E-state index >= 15 is 0 Å². The van der Waals surface area contributed by atoms with Gasteiger partial charge in [0.25, 0.3) is 0 Å². The van der Waals surface area contributed by atoms with Crippen molar-refractivity contribution in [1.82, 2.24) is 0 Å². The fourth-order valence-corrected chi connectivity index (χ4v) is 0.868. The zero-order chi connectivity index (χ0) is 7.82. The van der Waals surface area contributed by atoms with Crippen molar-refractivity contribution in [2.45, 2.75) is 45.1 Å². The number of aliphatic hydroxyl groups excluding tert-OH is 1. The lowest BCUT2D eigenvalue weighted by Gasteiger charge is -2.04. The Hall–Kier alpha value is -0.480. The third-order valence-electron chi connectivity index (χ3n) is 1.49. The van der Waals surface area contributed by atoms with Crippen molar-refractivity contribution in [2.24, 2.45) is 0 Å². The van der Waals surface area contributed by atoms with E-state index in [9.17, 15) is 0 Å². The van der Waals surface area contributed by atoms with E-state index in [0.29, 0.717) is 6.42 Å². The molecule has 0 radical (unpaired) electrons. The molecule has 1 N–H and O–H groups in total. The molecule has 0 saturated heterocycles. The lowest BCUT2D eigenvalue weighted by atomic mass is 10.1. The molecule has 0 fully saturated rings. The van der Waals surface area contributed by atoms with Gasteiger partial charge in [0.1, 0.15) is 0 Å². The molecule has 0 aromatic rings. The summed E-state index contributed by atoms with van der Waals surface area (Å²) in [5.74, 6) is 2.44. The summed E-state index contributed by atoms with van der Waals surface area (Å²) in [7, 11) is 0. The van der Waals surface area contributed by atoms with Gasteiger partial charge in [0.05, 0.1) is 6.10 Å². The maximum absolute atomic E-state index is 9.13. The van der Waals surface area contributed by atoms with E-state index in [1.165, 1.54) is 12.8 Å². The molecule has 1 unspecified atom stereocenters. The van der Waals surface area contributed by atoms with E-state index in [-0.39, 0.29) is 6.10 Å². The van der Waals surface area contributed by atoms with E-state index < -0.39 is 0 Å². The van der Waals surface area contributed by atoms with Gasteiger partial charge in [0.15, 0.2) is 0 Å². The maximum Gasteiger partial charge on any atom is 0.0649 e. The van der Waals surface area contributed by atoms with Gasteiger partial charge in [-0.2, -0.15) is 0 Å². The number of aliphatic hydroxyl groups is 1. The summed E-state index contributed by atoms with van der Waals surface area (Å²) < 4.78 is 0. The highest BCUT2D eigenvalue weighted by atomic mass is 16.3. The summed E-state index contributed by atoms with van der Waals surface area (Å²) in [6.07, 6.45) is 9.61. The molecule has 0 bridgehead atoms. The van der Waals surface area contributed by atoms with Crippen LogP contribution in [0.2, 0.25) is 0 Å². The predicted molar refractivity (Wildman–Crippen MR) is 43.6 cm³/mol. The first-order chi connectivity index (χ1) is 4.81. The quantitative estimate of drug-likeness (QED) is 0.457. The molecule has 0 aliphatic carbocycles. The molecule has 0 amide bonds. The molecule has 0 aromatic carbocycles. The van der Waals surface area contributed by atoms with Gasteiger partial charge in [-0.25, -0.2) is 0 Å². The van der Waals surface area contributed by atoms with Crippen molar-refractivity contribution in [2.75, 3.05) is 0 Å². The second-order valence-electron chi connectivity index (χ2n) is 2.56. The van der Waals surface area contributed by atoms with E-state index in [1.807, 2.05) is 0 Å². The van der Waals surface area contributed by atoms with Gasteiger partial charge in [0.2, 0.25) is 0 Å². The molecular weight excluding hydrogens is 124 g/mol. The van der Waals surface area contributed by atoms with Crippen molar-refractivity contribution in [3.05, 3.63) is 0 Å². The number of rotatable bonds is 5. The van der Waals surface area contributed by atoms with Crippen LogP contribution in [0.15, 0.2) is 0 Å². The number of unbranched alkanes of at least 4 members (excludes halogenated alkanes) is 2. The fourth-order valence-electron chi connectivity index (χ4n) is 0.868. The molecule has 1 heteroatoms. The minimum absolute atomic E-state index is 0.267. The van der Waals surface area contributed by atoms with E-state index in [1.54, 1.807) is 0 Å². The summed E-state index contributed by atoms with van der Waals surface area (Å²) in [5.41, 5.74) is 0. The van der Waals surface area contributed by atoms with Crippen LogP contribution in [0.1, 0.15) is 39.0 Å². The second-order valence-corrected chi connectivity index (χ2v) is 2.56. The first-order valence-corrected chi connectivity index (χ1v) is 3.92. The summed E-state index contributed by atoms with van der Waals surface area (Å²) in [5, 5.41) is 9.13. The van der Waals surface area contributed by atoms with Gasteiger partial charge in [0, 0.05) is 6.42 Å². The molecule has 0 aliphatic heterocycles. The normalized spacial score (nSPS) is 12.5. The van der Waals surface area contributed by atoms with Crippen LogP contribution >= 0.6 is 0 Å².